The fraction of sp³-hybridized carbons (Fsp3) is 0.200. The zero-order valence-corrected chi connectivity index (χ0v) is 11.8. The zero-order chi connectivity index (χ0) is 14.3. The monoisotopic (exact) mass is 314 g/mol. The van der Waals surface area contributed by atoms with E-state index in [2.05, 4.69) is 0 Å². The van der Waals surface area contributed by atoms with Crippen LogP contribution >= 0.6 is 23.2 Å². The van der Waals surface area contributed by atoms with Crippen molar-refractivity contribution in [3.63, 3.8) is 0 Å². The molecule has 20 heavy (non-hydrogen) atoms. The van der Waals surface area contributed by atoms with Crippen molar-refractivity contribution in [3.8, 4) is 0 Å². The van der Waals surface area contributed by atoms with Gasteiger partial charge < -0.3 is 4.74 Å². The van der Waals surface area contributed by atoms with Gasteiger partial charge in [0.2, 0.25) is 0 Å². The number of alkyl halides is 1. The first-order valence-corrected chi connectivity index (χ1v) is 6.93. The fourth-order valence-electron chi connectivity index (χ4n) is 2.36. The van der Waals surface area contributed by atoms with Gasteiger partial charge in [0.25, 0.3) is 0 Å². The Morgan fingerprint density at radius 3 is 2.30 bits per heavy atom. The first kappa shape index (κ1) is 13.8. The molecule has 2 aromatic carbocycles. The van der Waals surface area contributed by atoms with Gasteiger partial charge in [-0.2, -0.15) is 0 Å². The third-order valence-corrected chi connectivity index (χ3v) is 4.16. The number of rotatable bonds is 3. The Kier molecular flexibility index (Phi) is 3.44. The molecule has 0 spiro atoms. The average Bonchev–Trinajstić information content (AvgIpc) is 3.15. The molecule has 1 heterocycles. The van der Waals surface area contributed by atoms with Crippen LogP contribution in [-0.4, -0.2) is 5.88 Å². The Labute approximate surface area is 125 Å². The molecule has 2 atom stereocenters. The summed E-state index contributed by atoms with van der Waals surface area (Å²) >= 11 is 12.1. The Balaban J connectivity index is 1.97. The molecule has 104 valence electrons. The van der Waals surface area contributed by atoms with E-state index in [1.807, 2.05) is 0 Å². The molecule has 1 nitrogen and oxygen atoms in total. The van der Waals surface area contributed by atoms with E-state index in [4.69, 9.17) is 27.9 Å². The van der Waals surface area contributed by atoms with Gasteiger partial charge in [0.15, 0.2) is 0 Å². The lowest BCUT2D eigenvalue weighted by Gasteiger charge is -2.12. The minimum Gasteiger partial charge on any atom is -0.354 e. The first-order valence-electron chi connectivity index (χ1n) is 6.01. The van der Waals surface area contributed by atoms with Gasteiger partial charge in [-0.3, -0.25) is 0 Å². The second kappa shape index (κ2) is 4.99. The van der Waals surface area contributed by atoms with Crippen LogP contribution in [0.5, 0.6) is 0 Å². The van der Waals surface area contributed by atoms with E-state index in [0.717, 1.165) is 5.56 Å². The number of hydrogen-bond donors (Lipinski definition) is 0. The number of hydrogen-bond acceptors (Lipinski definition) is 1. The van der Waals surface area contributed by atoms with Crippen LogP contribution in [0.4, 0.5) is 8.78 Å². The van der Waals surface area contributed by atoms with Gasteiger partial charge in [-0.05, 0) is 29.8 Å². The smallest absolute Gasteiger partial charge is 0.139 e. The maximum Gasteiger partial charge on any atom is 0.139 e. The summed E-state index contributed by atoms with van der Waals surface area (Å²) in [5, 5.41) is 0.273. The predicted molar refractivity (Wildman–Crippen MR) is 74.0 cm³/mol. The van der Waals surface area contributed by atoms with Crippen LogP contribution in [0.2, 0.25) is 5.02 Å². The lowest BCUT2D eigenvalue weighted by molar-refractivity contribution is 0.316. The molecule has 1 fully saturated rings. The molecule has 1 saturated heterocycles. The quantitative estimate of drug-likeness (QED) is 0.584. The summed E-state index contributed by atoms with van der Waals surface area (Å²) in [5.41, 5.74) is 0.682. The Bertz CT molecular complexity index is 645. The summed E-state index contributed by atoms with van der Waals surface area (Å²) in [4.78, 5) is 0. The highest BCUT2D eigenvalue weighted by molar-refractivity contribution is 6.31. The van der Waals surface area contributed by atoms with Gasteiger partial charge in [-0.1, -0.05) is 29.8 Å². The summed E-state index contributed by atoms with van der Waals surface area (Å²) in [5.74, 6) is -0.548. The van der Waals surface area contributed by atoms with Crippen LogP contribution in [0.1, 0.15) is 17.2 Å². The van der Waals surface area contributed by atoms with Crippen molar-refractivity contribution < 1.29 is 13.5 Å². The molecular weight excluding hydrogens is 305 g/mol. The lowest BCUT2D eigenvalue weighted by atomic mass is 9.93. The third kappa shape index (κ3) is 2.20. The molecule has 0 aromatic heterocycles. The van der Waals surface area contributed by atoms with Gasteiger partial charge in [0.05, 0.1) is 5.88 Å². The minimum atomic E-state index is -0.774. The number of epoxide rings is 1. The van der Waals surface area contributed by atoms with Crippen LogP contribution in [0.15, 0.2) is 42.5 Å². The first-order chi connectivity index (χ1) is 9.56. The fourth-order valence-corrected chi connectivity index (χ4v) is 3.04. The lowest BCUT2D eigenvalue weighted by Crippen LogP contribution is -2.13. The normalized spacial score (nSPS) is 24.7. The largest absolute Gasteiger partial charge is 0.354 e. The van der Waals surface area contributed by atoms with E-state index in [0.29, 0.717) is 5.56 Å². The SMILES string of the molecule is Fc1ccc(C2OC2(CCl)c2ccc(F)cc2Cl)cc1. The third-order valence-electron chi connectivity index (χ3n) is 3.45. The van der Waals surface area contributed by atoms with E-state index < -0.39 is 11.4 Å². The Morgan fingerprint density at radius 1 is 1.05 bits per heavy atom. The summed E-state index contributed by atoms with van der Waals surface area (Å²) in [6.07, 6.45) is -0.302. The summed E-state index contributed by atoms with van der Waals surface area (Å²) < 4.78 is 31.8. The van der Waals surface area contributed by atoms with Crippen LogP contribution in [0.25, 0.3) is 0 Å². The minimum absolute atomic E-state index is 0.181. The molecule has 0 amide bonds. The highest BCUT2D eigenvalue weighted by atomic mass is 35.5. The van der Waals surface area contributed by atoms with Crippen molar-refractivity contribution in [2.24, 2.45) is 0 Å². The second-order valence-corrected chi connectivity index (χ2v) is 5.37. The van der Waals surface area contributed by atoms with E-state index in [9.17, 15) is 8.78 Å². The topological polar surface area (TPSA) is 12.5 Å². The summed E-state index contributed by atoms with van der Waals surface area (Å²) in [6, 6.07) is 10.1. The maximum atomic E-state index is 13.1. The van der Waals surface area contributed by atoms with Crippen LogP contribution in [0.3, 0.4) is 0 Å². The van der Waals surface area contributed by atoms with Crippen LogP contribution in [0, 0.1) is 11.6 Å². The van der Waals surface area contributed by atoms with E-state index in [1.54, 1.807) is 18.2 Å². The number of benzene rings is 2. The van der Waals surface area contributed by atoms with Crippen LogP contribution < -0.4 is 0 Å². The molecule has 5 heteroatoms. The predicted octanol–water partition coefficient (Wildman–Crippen LogP) is 4.82. The van der Waals surface area contributed by atoms with Crippen molar-refractivity contribution in [1.29, 1.82) is 0 Å². The van der Waals surface area contributed by atoms with Crippen molar-refractivity contribution in [2.75, 3.05) is 5.88 Å². The molecule has 1 aliphatic rings. The highest BCUT2D eigenvalue weighted by Gasteiger charge is 2.58. The van der Waals surface area contributed by atoms with Gasteiger partial charge in [0.1, 0.15) is 23.3 Å². The van der Waals surface area contributed by atoms with E-state index in [-0.39, 0.29) is 22.8 Å². The molecular formula is C15H10Cl2F2O. The van der Waals surface area contributed by atoms with Gasteiger partial charge in [-0.15, -0.1) is 11.6 Å². The second-order valence-electron chi connectivity index (χ2n) is 4.70. The molecule has 0 saturated carbocycles. The van der Waals surface area contributed by atoms with Crippen molar-refractivity contribution in [3.05, 3.63) is 70.2 Å². The van der Waals surface area contributed by atoms with Crippen molar-refractivity contribution in [1.82, 2.24) is 0 Å². The van der Waals surface area contributed by atoms with Gasteiger partial charge in [0, 0.05) is 10.6 Å². The van der Waals surface area contributed by atoms with Crippen LogP contribution in [-0.2, 0) is 10.3 Å². The molecule has 0 N–H and O–H groups in total. The molecule has 1 aliphatic heterocycles. The van der Waals surface area contributed by atoms with Crippen molar-refractivity contribution >= 4 is 23.2 Å². The molecule has 0 radical (unpaired) electrons. The number of ether oxygens (including phenoxy) is 1. The van der Waals surface area contributed by atoms with E-state index >= 15 is 0 Å². The average molecular weight is 315 g/mol. The Morgan fingerprint density at radius 2 is 1.70 bits per heavy atom. The highest BCUT2D eigenvalue weighted by Crippen LogP contribution is 2.59. The van der Waals surface area contributed by atoms with E-state index in [1.165, 1.54) is 24.3 Å². The standard InChI is InChI=1S/C15H10Cl2F2O/c16-8-15(12-6-5-11(19)7-13(12)17)14(20-15)9-1-3-10(18)4-2-9/h1-7,14H,8H2. The molecule has 0 bridgehead atoms. The molecule has 3 rings (SSSR count). The number of halogens is 4. The maximum absolute atomic E-state index is 13.1. The van der Waals surface area contributed by atoms with Gasteiger partial charge in [-0.25, -0.2) is 8.78 Å². The zero-order valence-electron chi connectivity index (χ0n) is 10.2. The summed E-state index contributed by atoms with van der Waals surface area (Å²) in [6.45, 7) is 0. The molecule has 0 aliphatic carbocycles. The summed E-state index contributed by atoms with van der Waals surface area (Å²) in [7, 11) is 0. The van der Waals surface area contributed by atoms with Gasteiger partial charge >= 0.3 is 0 Å². The molecule has 2 unspecified atom stereocenters. The Hall–Kier alpha value is -1.16. The molecule has 2 aromatic rings. The van der Waals surface area contributed by atoms with Crippen molar-refractivity contribution in [2.45, 2.75) is 11.7 Å².